The van der Waals surface area contributed by atoms with E-state index in [0.29, 0.717) is 5.56 Å². The van der Waals surface area contributed by atoms with Crippen LogP contribution in [-0.2, 0) is 9.59 Å². The standard InChI is InChI=1S/C6H6N2O.C5H5N3O.C5H8O4/c7-6(9)5-1-3-8-4-2-5;6-5(9)4-3-7-1-2-8-4;6-4(7)2-1-3-5(8)9/h1-4H,(H2,7,9);1-3H,(H2,6,9);1-3H2,(H,6,7)(H,8,9). The number of aliphatic carboxylic acids is 2. The van der Waals surface area contributed by atoms with Crippen LogP contribution >= 0.6 is 0 Å². The molecule has 2 amide bonds. The topological polar surface area (TPSA) is 199 Å². The van der Waals surface area contributed by atoms with Crippen LogP contribution in [0.15, 0.2) is 43.1 Å². The second-order valence-electron chi connectivity index (χ2n) is 4.70. The van der Waals surface area contributed by atoms with Gasteiger partial charge in [-0.25, -0.2) is 4.98 Å². The summed E-state index contributed by atoms with van der Waals surface area (Å²) in [5.74, 6) is -2.87. The highest BCUT2D eigenvalue weighted by Gasteiger charge is 1.99. The predicted molar refractivity (Wildman–Crippen MR) is 92.4 cm³/mol. The number of carboxylic acids is 2. The van der Waals surface area contributed by atoms with Gasteiger partial charge >= 0.3 is 11.9 Å². The second kappa shape index (κ2) is 13.4. The lowest BCUT2D eigenvalue weighted by Crippen LogP contribution is -2.12. The molecule has 6 N–H and O–H groups in total. The molecule has 11 heteroatoms. The zero-order chi connectivity index (χ0) is 20.7. The molecule has 0 spiro atoms. The van der Waals surface area contributed by atoms with Gasteiger partial charge in [0.05, 0.1) is 6.20 Å². The van der Waals surface area contributed by atoms with Gasteiger partial charge in [-0.3, -0.25) is 29.1 Å². The minimum Gasteiger partial charge on any atom is -0.481 e. The molecule has 0 saturated carbocycles. The Morgan fingerprint density at radius 2 is 1.37 bits per heavy atom. The number of rotatable bonds is 6. The zero-order valence-electron chi connectivity index (χ0n) is 14.2. The Bertz CT molecular complexity index is 676. The first kappa shape index (κ1) is 23.1. The summed E-state index contributed by atoms with van der Waals surface area (Å²) in [7, 11) is 0. The van der Waals surface area contributed by atoms with Crippen LogP contribution in [0.1, 0.15) is 40.1 Å². The summed E-state index contributed by atoms with van der Waals surface area (Å²) in [5.41, 5.74) is 10.5. The van der Waals surface area contributed by atoms with Crippen LogP contribution in [0.5, 0.6) is 0 Å². The number of hydrogen-bond donors (Lipinski definition) is 4. The molecule has 0 unspecified atom stereocenters. The normalized spacial score (nSPS) is 8.89. The highest BCUT2D eigenvalue weighted by atomic mass is 16.4. The van der Waals surface area contributed by atoms with Crippen LogP contribution in [0.2, 0.25) is 0 Å². The maximum Gasteiger partial charge on any atom is 0.303 e. The van der Waals surface area contributed by atoms with Gasteiger partial charge in [-0.15, -0.1) is 0 Å². The number of nitrogens with two attached hydrogens (primary N) is 2. The molecule has 2 heterocycles. The molecule has 0 saturated heterocycles. The number of primary amides is 2. The van der Waals surface area contributed by atoms with Crippen LogP contribution in [0.4, 0.5) is 0 Å². The molecule has 144 valence electrons. The fourth-order valence-corrected chi connectivity index (χ4v) is 1.33. The molecule has 11 nitrogen and oxygen atoms in total. The van der Waals surface area contributed by atoms with E-state index in [1.807, 2.05) is 0 Å². The molecule has 2 rings (SSSR count). The second-order valence-corrected chi connectivity index (χ2v) is 4.70. The Kier molecular flexibility index (Phi) is 11.5. The number of carbonyl (C=O) groups is 4. The van der Waals surface area contributed by atoms with Gasteiger partial charge in [0.25, 0.3) is 5.91 Å². The molecule has 2 aromatic rings. The summed E-state index contributed by atoms with van der Waals surface area (Å²) < 4.78 is 0. The van der Waals surface area contributed by atoms with Gasteiger partial charge in [0, 0.05) is 43.2 Å². The van der Waals surface area contributed by atoms with Crippen molar-refractivity contribution >= 4 is 23.8 Å². The number of pyridine rings is 1. The maximum absolute atomic E-state index is 10.4. The summed E-state index contributed by atoms with van der Waals surface area (Å²) in [6.07, 6.45) is 7.36. The van der Waals surface area contributed by atoms with E-state index in [0.717, 1.165) is 0 Å². The first-order valence-electron chi connectivity index (χ1n) is 7.43. The van der Waals surface area contributed by atoms with E-state index in [9.17, 15) is 19.2 Å². The van der Waals surface area contributed by atoms with Crippen molar-refractivity contribution in [1.29, 1.82) is 0 Å². The van der Waals surface area contributed by atoms with Crippen molar-refractivity contribution in [2.45, 2.75) is 19.3 Å². The van der Waals surface area contributed by atoms with E-state index >= 15 is 0 Å². The summed E-state index contributed by atoms with van der Waals surface area (Å²) in [5, 5.41) is 16.1. The number of carboxylic acid groups (broad SMARTS) is 2. The summed E-state index contributed by atoms with van der Waals surface area (Å²) in [6, 6.07) is 3.14. The molecular formula is C16H19N5O6. The van der Waals surface area contributed by atoms with Crippen molar-refractivity contribution in [2.24, 2.45) is 11.5 Å². The summed E-state index contributed by atoms with van der Waals surface area (Å²) in [4.78, 5) is 51.3. The Morgan fingerprint density at radius 1 is 0.815 bits per heavy atom. The lowest BCUT2D eigenvalue weighted by molar-refractivity contribution is -0.138. The quantitative estimate of drug-likeness (QED) is 0.538. The van der Waals surface area contributed by atoms with E-state index < -0.39 is 23.8 Å². The van der Waals surface area contributed by atoms with E-state index in [1.54, 1.807) is 12.1 Å². The number of aromatic nitrogens is 3. The number of amides is 2. The third-order valence-corrected chi connectivity index (χ3v) is 2.56. The van der Waals surface area contributed by atoms with E-state index in [1.165, 1.54) is 31.0 Å². The summed E-state index contributed by atoms with van der Waals surface area (Å²) in [6.45, 7) is 0. The van der Waals surface area contributed by atoms with Crippen LogP contribution in [-0.4, -0.2) is 48.9 Å². The van der Waals surface area contributed by atoms with Gasteiger partial charge in [-0.1, -0.05) is 0 Å². The third-order valence-electron chi connectivity index (χ3n) is 2.56. The average Bonchev–Trinajstić information content (AvgIpc) is 2.63. The van der Waals surface area contributed by atoms with Crippen LogP contribution in [0.3, 0.4) is 0 Å². The van der Waals surface area contributed by atoms with E-state index in [-0.39, 0.29) is 25.0 Å². The Labute approximate surface area is 154 Å². The van der Waals surface area contributed by atoms with Gasteiger partial charge in [0.1, 0.15) is 5.69 Å². The molecule has 0 radical (unpaired) electrons. The lowest BCUT2D eigenvalue weighted by Gasteiger charge is -1.89. The first-order chi connectivity index (χ1) is 12.7. The molecule has 27 heavy (non-hydrogen) atoms. The lowest BCUT2D eigenvalue weighted by atomic mass is 10.2. The third kappa shape index (κ3) is 13.1. The molecule has 0 fully saturated rings. The summed E-state index contributed by atoms with van der Waals surface area (Å²) >= 11 is 0. The fraction of sp³-hybridized carbons (Fsp3) is 0.188. The monoisotopic (exact) mass is 377 g/mol. The molecule has 0 aliphatic carbocycles. The van der Waals surface area contributed by atoms with Crippen molar-refractivity contribution in [3.05, 3.63) is 54.4 Å². The minimum absolute atomic E-state index is 0.0632. The Hall–Kier alpha value is -3.89. The fourth-order valence-electron chi connectivity index (χ4n) is 1.33. The van der Waals surface area contributed by atoms with E-state index in [2.05, 4.69) is 15.0 Å². The van der Waals surface area contributed by atoms with Crippen molar-refractivity contribution < 1.29 is 29.4 Å². The molecule has 0 atom stereocenters. The van der Waals surface area contributed by atoms with Crippen molar-refractivity contribution in [1.82, 2.24) is 15.0 Å². The van der Waals surface area contributed by atoms with Crippen molar-refractivity contribution in [3.63, 3.8) is 0 Å². The van der Waals surface area contributed by atoms with Crippen molar-refractivity contribution in [2.75, 3.05) is 0 Å². The SMILES string of the molecule is NC(=O)c1ccncc1.NC(=O)c1cnccn1.O=C(O)CCCC(=O)O. The minimum atomic E-state index is -0.948. The average molecular weight is 377 g/mol. The molecule has 0 bridgehead atoms. The Morgan fingerprint density at radius 3 is 1.67 bits per heavy atom. The number of carbonyl (C=O) groups excluding carboxylic acids is 2. The van der Waals surface area contributed by atoms with Gasteiger partial charge in [-0.2, -0.15) is 0 Å². The van der Waals surface area contributed by atoms with E-state index in [4.69, 9.17) is 21.7 Å². The predicted octanol–water partition coefficient (Wildman–Crippen LogP) is 0.0819. The maximum atomic E-state index is 10.4. The first-order valence-corrected chi connectivity index (χ1v) is 7.43. The smallest absolute Gasteiger partial charge is 0.303 e. The zero-order valence-corrected chi connectivity index (χ0v) is 14.2. The molecule has 0 aliphatic rings. The molecule has 2 aromatic heterocycles. The molecule has 0 aliphatic heterocycles. The Balaban J connectivity index is 0.000000376. The highest BCUT2D eigenvalue weighted by Crippen LogP contribution is 1.93. The highest BCUT2D eigenvalue weighted by molar-refractivity contribution is 5.92. The van der Waals surface area contributed by atoms with Gasteiger partial charge < -0.3 is 21.7 Å². The van der Waals surface area contributed by atoms with Crippen LogP contribution in [0, 0.1) is 0 Å². The number of hydrogen-bond acceptors (Lipinski definition) is 7. The molecule has 0 aromatic carbocycles. The van der Waals surface area contributed by atoms with Gasteiger partial charge in [0.2, 0.25) is 5.91 Å². The number of nitrogens with zero attached hydrogens (tertiary/aromatic N) is 3. The van der Waals surface area contributed by atoms with Crippen molar-refractivity contribution in [3.8, 4) is 0 Å². The largest absolute Gasteiger partial charge is 0.481 e. The molecular weight excluding hydrogens is 358 g/mol. The van der Waals surface area contributed by atoms with Gasteiger partial charge in [-0.05, 0) is 18.6 Å². The van der Waals surface area contributed by atoms with Gasteiger partial charge in [0.15, 0.2) is 0 Å². The van der Waals surface area contributed by atoms with Crippen LogP contribution in [0.25, 0.3) is 0 Å². The van der Waals surface area contributed by atoms with Crippen LogP contribution < -0.4 is 11.5 Å².